The number of carbonyl (C=O) groups is 3. The van der Waals surface area contributed by atoms with Gasteiger partial charge in [-0.15, -0.1) is 0 Å². The van der Waals surface area contributed by atoms with Gasteiger partial charge in [0, 0.05) is 35.0 Å². The topological polar surface area (TPSA) is 145 Å². The van der Waals surface area contributed by atoms with E-state index in [1.807, 2.05) is 0 Å². The molecule has 1 aliphatic rings. The van der Waals surface area contributed by atoms with E-state index in [1.165, 1.54) is 22.8 Å². The van der Waals surface area contributed by atoms with Crippen LogP contribution in [0.3, 0.4) is 0 Å². The van der Waals surface area contributed by atoms with Crippen LogP contribution in [0.25, 0.3) is 10.9 Å². The Labute approximate surface area is 210 Å². The molecule has 1 aliphatic heterocycles. The number of nitrogens with zero attached hydrogens (tertiary/aromatic N) is 2. The molecule has 0 saturated heterocycles. The van der Waals surface area contributed by atoms with E-state index in [0.717, 1.165) is 0 Å². The van der Waals surface area contributed by atoms with E-state index < -0.39 is 23.0 Å². The average Bonchev–Trinajstić information content (AvgIpc) is 3.22. The van der Waals surface area contributed by atoms with Crippen LogP contribution in [0.1, 0.15) is 30.2 Å². The highest BCUT2D eigenvalue weighted by Crippen LogP contribution is 2.34. The molecule has 1 aromatic heterocycles. The molecule has 186 valence electrons. The van der Waals surface area contributed by atoms with E-state index in [2.05, 4.69) is 16.0 Å². The van der Waals surface area contributed by atoms with Crippen LogP contribution in [0, 0.1) is 10.1 Å². The van der Waals surface area contributed by atoms with Crippen molar-refractivity contribution in [3.8, 4) is 0 Å². The van der Waals surface area contributed by atoms with E-state index in [4.69, 9.17) is 16.3 Å². The number of ether oxygens (including phenoxy) is 1. The molecule has 0 bridgehead atoms. The number of hydrogen-bond acceptors (Lipinski definition) is 7. The van der Waals surface area contributed by atoms with Crippen molar-refractivity contribution in [1.82, 2.24) is 15.2 Å². The first-order valence-corrected chi connectivity index (χ1v) is 11.4. The van der Waals surface area contributed by atoms with Crippen molar-refractivity contribution in [3.63, 3.8) is 0 Å². The lowest BCUT2D eigenvalue weighted by Gasteiger charge is -2.27. The number of non-ortho nitro benzene ring substituents is 1. The Kier molecular flexibility index (Phi) is 6.93. The van der Waals surface area contributed by atoms with Crippen LogP contribution >= 0.6 is 11.6 Å². The summed E-state index contributed by atoms with van der Waals surface area (Å²) in [5.41, 5.74) is 1.92. The molecule has 11 nitrogen and oxygen atoms in total. The lowest BCUT2D eigenvalue weighted by atomic mass is 9.95. The Bertz CT molecular complexity index is 1430. The number of amides is 2. The number of nitro benzene ring substituents is 1. The summed E-state index contributed by atoms with van der Waals surface area (Å²) in [6.07, 6.45) is 1.58. The van der Waals surface area contributed by atoms with Crippen molar-refractivity contribution >= 4 is 51.8 Å². The molecule has 0 saturated carbocycles. The highest BCUT2D eigenvalue weighted by molar-refractivity contribution is 6.33. The number of nitro groups is 1. The summed E-state index contributed by atoms with van der Waals surface area (Å²) < 4.78 is 6.62. The number of rotatable bonds is 7. The molecule has 36 heavy (non-hydrogen) atoms. The monoisotopic (exact) mass is 511 g/mol. The minimum absolute atomic E-state index is 0.104. The Balaban J connectivity index is 1.68. The second-order valence-electron chi connectivity index (χ2n) is 7.93. The third-order valence-corrected chi connectivity index (χ3v) is 5.99. The maximum Gasteiger partial charge on any atom is 0.338 e. The minimum atomic E-state index is -0.839. The molecule has 0 fully saturated rings. The largest absolute Gasteiger partial charge is 0.463 e. The molecule has 3 aromatic rings. The lowest BCUT2D eigenvalue weighted by molar-refractivity contribution is -0.384. The Hall–Kier alpha value is -4.38. The fraction of sp³-hybridized carbons (Fsp3) is 0.208. The Morgan fingerprint density at radius 3 is 2.69 bits per heavy atom. The normalized spacial score (nSPS) is 15.3. The molecule has 0 aliphatic carbocycles. The molecule has 4 rings (SSSR count). The summed E-state index contributed by atoms with van der Waals surface area (Å²) in [7, 11) is 0. The van der Waals surface area contributed by atoms with Gasteiger partial charge in [-0.3, -0.25) is 19.5 Å². The Morgan fingerprint density at radius 2 is 2.00 bits per heavy atom. The molecule has 0 spiro atoms. The van der Waals surface area contributed by atoms with E-state index in [9.17, 15) is 24.5 Å². The fourth-order valence-corrected chi connectivity index (χ4v) is 4.31. The van der Waals surface area contributed by atoms with E-state index >= 15 is 0 Å². The zero-order valence-electron chi connectivity index (χ0n) is 19.3. The number of urea groups is 1. The van der Waals surface area contributed by atoms with Crippen molar-refractivity contribution in [2.24, 2.45) is 0 Å². The number of halogens is 1. The third-order valence-electron chi connectivity index (χ3n) is 5.68. The lowest BCUT2D eigenvalue weighted by Crippen LogP contribution is -2.45. The molecular weight excluding hydrogens is 490 g/mol. The predicted molar refractivity (Wildman–Crippen MR) is 133 cm³/mol. The van der Waals surface area contributed by atoms with Gasteiger partial charge in [-0.05, 0) is 26.0 Å². The van der Waals surface area contributed by atoms with Crippen LogP contribution in [0.5, 0.6) is 0 Å². The van der Waals surface area contributed by atoms with E-state index in [1.54, 1.807) is 44.3 Å². The van der Waals surface area contributed by atoms with Crippen LogP contribution in [-0.4, -0.2) is 40.5 Å². The van der Waals surface area contributed by atoms with Gasteiger partial charge in [0.25, 0.3) is 5.69 Å². The highest BCUT2D eigenvalue weighted by Gasteiger charge is 2.34. The summed E-state index contributed by atoms with van der Waals surface area (Å²) >= 11 is 6.12. The smallest absolute Gasteiger partial charge is 0.338 e. The summed E-state index contributed by atoms with van der Waals surface area (Å²) in [6, 6.07) is 9.69. The number of hydrogen-bond donors (Lipinski definition) is 3. The molecule has 1 atom stereocenters. The van der Waals surface area contributed by atoms with Crippen LogP contribution in [0.2, 0.25) is 5.02 Å². The number of allylic oxidation sites excluding steroid dienone is 1. The van der Waals surface area contributed by atoms with Gasteiger partial charge in [0.05, 0.1) is 45.9 Å². The van der Waals surface area contributed by atoms with Gasteiger partial charge in [0.1, 0.15) is 0 Å². The zero-order chi connectivity index (χ0) is 26.0. The summed E-state index contributed by atoms with van der Waals surface area (Å²) in [5, 5.41) is 19.9. The van der Waals surface area contributed by atoms with E-state index in [-0.39, 0.29) is 35.3 Å². The third kappa shape index (κ3) is 4.73. The molecule has 0 radical (unpaired) electrons. The average molecular weight is 512 g/mol. The highest BCUT2D eigenvalue weighted by atomic mass is 35.5. The van der Waals surface area contributed by atoms with Gasteiger partial charge in [0.2, 0.25) is 5.91 Å². The SMILES string of the molecule is CCOC(=O)C1=C(C)NC(=O)NC1c1cn(C(=O)CNc2ccc([N+](=O)[O-])cc2Cl)c2ccccc12. The van der Waals surface area contributed by atoms with Crippen LogP contribution in [0.4, 0.5) is 16.2 Å². The summed E-state index contributed by atoms with van der Waals surface area (Å²) in [5.74, 6) is -0.935. The van der Waals surface area contributed by atoms with Crippen molar-refractivity contribution in [2.45, 2.75) is 19.9 Å². The van der Waals surface area contributed by atoms with Crippen molar-refractivity contribution in [3.05, 3.63) is 80.6 Å². The molecule has 2 heterocycles. The molecule has 2 amide bonds. The minimum Gasteiger partial charge on any atom is -0.463 e. The number of carbonyl (C=O) groups excluding carboxylic acids is 3. The molecular formula is C24H22ClN5O6. The number of aromatic nitrogens is 1. The van der Waals surface area contributed by atoms with Gasteiger partial charge in [0.15, 0.2) is 0 Å². The van der Waals surface area contributed by atoms with Gasteiger partial charge in [-0.25, -0.2) is 9.59 Å². The number of nitrogens with one attached hydrogen (secondary N) is 3. The first-order chi connectivity index (χ1) is 17.2. The van der Waals surface area contributed by atoms with Gasteiger partial charge in [-0.1, -0.05) is 29.8 Å². The summed E-state index contributed by atoms with van der Waals surface area (Å²) in [4.78, 5) is 48.6. The second kappa shape index (κ2) is 10.1. The van der Waals surface area contributed by atoms with Crippen molar-refractivity contribution < 1.29 is 24.0 Å². The van der Waals surface area contributed by atoms with Gasteiger partial charge < -0.3 is 20.7 Å². The number of anilines is 1. The van der Waals surface area contributed by atoms with Crippen molar-refractivity contribution in [1.29, 1.82) is 0 Å². The molecule has 2 aromatic carbocycles. The Morgan fingerprint density at radius 1 is 1.25 bits per heavy atom. The van der Waals surface area contributed by atoms with Gasteiger partial charge in [-0.2, -0.15) is 0 Å². The standard InChI is InChI=1S/C24H22ClN5O6/c1-3-36-23(32)21-13(2)27-24(33)28-22(21)16-12-29(19-7-5-4-6-15(16)19)20(31)11-26-18-9-8-14(30(34)35)10-17(18)25/h4-10,12,22,26H,3,11H2,1-2H3,(H2,27,28,33). The van der Waals surface area contributed by atoms with E-state index in [0.29, 0.717) is 27.9 Å². The zero-order valence-corrected chi connectivity index (χ0v) is 20.1. The van der Waals surface area contributed by atoms with Crippen LogP contribution in [0.15, 0.2) is 59.9 Å². The maximum absolute atomic E-state index is 13.2. The quantitative estimate of drug-likeness (QED) is 0.245. The first kappa shape index (κ1) is 24.7. The fourth-order valence-electron chi connectivity index (χ4n) is 4.07. The molecule has 3 N–H and O–H groups in total. The van der Waals surface area contributed by atoms with Gasteiger partial charge >= 0.3 is 12.0 Å². The molecule has 1 unspecified atom stereocenters. The van der Waals surface area contributed by atoms with Crippen LogP contribution in [-0.2, 0) is 9.53 Å². The number of para-hydroxylation sites is 1. The maximum atomic E-state index is 13.2. The molecule has 12 heteroatoms. The van der Waals surface area contributed by atoms with Crippen molar-refractivity contribution in [2.75, 3.05) is 18.5 Å². The number of esters is 1. The predicted octanol–water partition coefficient (Wildman–Crippen LogP) is 4.15. The van der Waals surface area contributed by atoms with Crippen LogP contribution < -0.4 is 16.0 Å². The second-order valence-corrected chi connectivity index (χ2v) is 8.34. The first-order valence-electron chi connectivity index (χ1n) is 11.0. The number of benzene rings is 2. The summed E-state index contributed by atoms with van der Waals surface area (Å²) in [6.45, 7) is 3.29. The number of fused-ring (bicyclic) bond motifs is 1.